The quantitative estimate of drug-likeness (QED) is 0.255. The van der Waals surface area contributed by atoms with Crippen LogP contribution in [0.5, 0.6) is 0 Å². The Morgan fingerprint density at radius 3 is 2.38 bits per heavy atom. The highest BCUT2D eigenvalue weighted by molar-refractivity contribution is 6.08. The van der Waals surface area contributed by atoms with Crippen molar-refractivity contribution < 1.29 is 13.6 Å². The van der Waals surface area contributed by atoms with Crippen LogP contribution in [0.1, 0.15) is 21.5 Å². The highest BCUT2D eigenvalue weighted by atomic mass is 19.1. The van der Waals surface area contributed by atoms with E-state index in [1.807, 2.05) is 24.3 Å². The normalized spacial score (nSPS) is 13.5. The van der Waals surface area contributed by atoms with Gasteiger partial charge in [-0.1, -0.05) is 0 Å². The van der Waals surface area contributed by atoms with Crippen LogP contribution in [0.15, 0.2) is 67.0 Å². The third-order valence-electron chi connectivity index (χ3n) is 6.93. The number of fused-ring (bicyclic) bond motifs is 1. The van der Waals surface area contributed by atoms with Gasteiger partial charge in [0.15, 0.2) is 5.82 Å². The first-order chi connectivity index (χ1) is 19.4. The molecule has 0 saturated carbocycles. The van der Waals surface area contributed by atoms with Crippen molar-refractivity contribution in [2.45, 2.75) is 6.42 Å². The summed E-state index contributed by atoms with van der Waals surface area (Å²) in [7, 11) is 0. The first-order valence-corrected chi connectivity index (χ1v) is 12.8. The van der Waals surface area contributed by atoms with Crippen molar-refractivity contribution in [1.82, 2.24) is 25.5 Å². The summed E-state index contributed by atoms with van der Waals surface area (Å²) in [5, 5.41) is 14.2. The number of rotatable bonds is 6. The number of hydrogen-bond acceptors (Lipinski definition) is 7. The van der Waals surface area contributed by atoms with Gasteiger partial charge in [0.25, 0.3) is 5.91 Å². The summed E-state index contributed by atoms with van der Waals surface area (Å²) >= 11 is 0. The van der Waals surface area contributed by atoms with Crippen LogP contribution in [-0.4, -0.2) is 52.3 Å². The van der Waals surface area contributed by atoms with Crippen molar-refractivity contribution >= 4 is 34.3 Å². The highest BCUT2D eigenvalue weighted by Crippen LogP contribution is 2.32. The van der Waals surface area contributed by atoms with Crippen LogP contribution < -0.4 is 21.3 Å². The monoisotopic (exact) mass is 540 g/mol. The lowest BCUT2D eigenvalue weighted by Crippen LogP contribution is -2.43. The van der Waals surface area contributed by atoms with Gasteiger partial charge < -0.3 is 21.3 Å². The molecule has 1 amide bonds. The molecule has 6 rings (SSSR count). The van der Waals surface area contributed by atoms with E-state index >= 15 is 0 Å². The maximum atomic E-state index is 14.0. The molecule has 0 unspecified atom stereocenters. The fourth-order valence-electron chi connectivity index (χ4n) is 4.96. The van der Waals surface area contributed by atoms with Crippen LogP contribution >= 0.6 is 0 Å². The number of aromatic amines is 1. The average Bonchev–Trinajstić information content (AvgIpc) is 3.34. The predicted octanol–water partition coefficient (Wildman–Crippen LogP) is 4.13. The van der Waals surface area contributed by atoms with E-state index in [0.29, 0.717) is 33.4 Å². The summed E-state index contributed by atoms with van der Waals surface area (Å²) in [6.45, 7) is 3.69. The number of hydrogen-bond donors (Lipinski definition) is 4. The Hall–Kier alpha value is -4.90. The van der Waals surface area contributed by atoms with Crippen molar-refractivity contribution in [2.24, 2.45) is 0 Å². The second-order valence-corrected chi connectivity index (χ2v) is 9.65. The summed E-state index contributed by atoms with van der Waals surface area (Å²) < 4.78 is 27.9. The molecule has 1 saturated heterocycles. The minimum atomic E-state index is -0.660. The third-order valence-corrected chi connectivity index (χ3v) is 6.93. The zero-order valence-corrected chi connectivity index (χ0v) is 21.4. The minimum Gasteiger partial charge on any atom is -0.369 e. The number of benzene rings is 3. The number of carbonyl (C=O) groups excluding carboxylic acids is 1. The molecule has 0 spiro atoms. The lowest BCUT2D eigenvalue weighted by atomic mass is 9.94. The SMILES string of the molecule is Nc1ncc(-c2cc3[nH]nc(NC(=O)c4ccc(N5CCNCC5)cc4)c3cc2Cc2cc(F)cc(F)c2)cn1. The number of nitrogens with zero attached hydrogens (tertiary/aromatic N) is 4. The largest absolute Gasteiger partial charge is 0.369 e. The molecule has 202 valence electrons. The van der Waals surface area contributed by atoms with E-state index in [1.165, 1.54) is 12.1 Å². The number of nitrogens with two attached hydrogens (primary N) is 1. The zero-order chi connectivity index (χ0) is 27.6. The van der Waals surface area contributed by atoms with Gasteiger partial charge in [-0.05, 0) is 71.6 Å². The molecular formula is C29H26F2N8O. The fraction of sp³-hybridized carbons (Fsp3) is 0.172. The number of H-pyrrole nitrogens is 1. The topological polar surface area (TPSA) is 125 Å². The van der Waals surface area contributed by atoms with Crippen LogP contribution in [0.2, 0.25) is 0 Å². The minimum absolute atomic E-state index is 0.131. The van der Waals surface area contributed by atoms with Crippen LogP contribution in [0.3, 0.4) is 0 Å². The fourth-order valence-corrected chi connectivity index (χ4v) is 4.96. The first-order valence-electron chi connectivity index (χ1n) is 12.8. The predicted molar refractivity (Wildman–Crippen MR) is 150 cm³/mol. The molecule has 5 N–H and O–H groups in total. The third kappa shape index (κ3) is 5.32. The first kappa shape index (κ1) is 25.4. The number of nitrogens with one attached hydrogen (secondary N) is 3. The number of nitrogen functional groups attached to an aromatic ring is 1. The summed E-state index contributed by atoms with van der Waals surface area (Å²) in [5.41, 5.74) is 10.5. The maximum absolute atomic E-state index is 14.0. The number of aromatic nitrogens is 4. The standard InChI is InChI=1S/C29H26F2N8O/c30-21-10-17(11-22(31)13-21)9-19-12-25-26(14-24(19)20-15-34-29(32)35-16-20)37-38-27(25)36-28(40)18-1-3-23(4-2-18)39-7-5-33-6-8-39/h1-4,10-16,33H,5-9H2,(H2,32,34,35)(H2,36,37,38,40). The Labute approximate surface area is 228 Å². The molecule has 9 nitrogen and oxygen atoms in total. The molecule has 3 heterocycles. The van der Waals surface area contributed by atoms with Gasteiger partial charge in [-0.15, -0.1) is 0 Å². The van der Waals surface area contributed by atoms with E-state index in [9.17, 15) is 13.6 Å². The number of piperazine rings is 1. The number of carbonyl (C=O) groups is 1. The van der Waals surface area contributed by atoms with Crippen molar-refractivity contribution in [3.05, 3.63) is 95.3 Å². The maximum Gasteiger partial charge on any atom is 0.256 e. The van der Waals surface area contributed by atoms with Crippen molar-refractivity contribution in [1.29, 1.82) is 0 Å². The molecule has 0 aliphatic carbocycles. The van der Waals surface area contributed by atoms with Gasteiger partial charge in [0.1, 0.15) is 11.6 Å². The molecule has 3 aromatic carbocycles. The van der Waals surface area contributed by atoms with Gasteiger partial charge in [0, 0.05) is 66.8 Å². The summed E-state index contributed by atoms with van der Waals surface area (Å²) in [6.07, 6.45) is 3.39. The van der Waals surface area contributed by atoms with E-state index in [0.717, 1.165) is 49.1 Å². The van der Waals surface area contributed by atoms with E-state index in [-0.39, 0.29) is 18.3 Å². The second-order valence-electron chi connectivity index (χ2n) is 9.65. The molecule has 0 radical (unpaired) electrons. The lowest BCUT2D eigenvalue weighted by Gasteiger charge is -2.29. The van der Waals surface area contributed by atoms with Crippen LogP contribution in [0, 0.1) is 11.6 Å². The molecule has 1 aliphatic heterocycles. The number of amides is 1. The van der Waals surface area contributed by atoms with Crippen LogP contribution in [-0.2, 0) is 6.42 Å². The van der Waals surface area contributed by atoms with Gasteiger partial charge >= 0.3 is 0 Å². The second kappa shape index (κ2) is 10.7. The molecule has 1 fully saturated rings. The van der Waals surface area contributed by atoms with Crippen LogP contribution in [0.4, 0.5) is 26.2 Å². The van der Waals surface area contributed by atoms with E-state index in [1.54, 1.807) is 24.5 Å². The average molecular weight is 541 g/mol. The van der Waals surface area contributed by atoms with E-state index < -0.39 is 11.6 Å². The Balaban J connectivity index is 1.32. The summed E-state index contributed by atoms with van der Waals surface area (Å²) in [5.74, 6) is -1.14. The van der Waals surface area contributed by atoms with Gasteiger partial charge in [0.05, 0.1) is 5.52 Å². The van der Waals surface area contributed by atoms with Crippen molar-refractivity contribution in [2.75, 3.05) is 42.1 Å². The van der Waals surface area contributed by atoms with E-state index in [4.69, 9.17) is 5.73 Å². The number of anilines is 3. The van der Waals surface area contributed by atoms with Gasteiger partial charge in [0.2, 0.25) is 5.95 Å². The summed E-state index contributed by atoms with van der Waals surface area (Å²) in [6, 6.07) is 14.6. The number of halogens is 2. The van der Waals surface area contributed by atoms with Gasteiger partial charge in [-0.3, -0.25) is 9.89 Å². The summed E-state index contributed by atoms with van der Waals surface area (Å²) in [4.78, 5) is 23.6. The molecule has 0 atom stereocenters. The Bertz CT molecular complexity index is 1660. The smallest absolute Gasteiger partial charge is 0.256 e. The van der Waals surface area contributed by atoms with Gasteiger partial charge in [-0.25, -0.2) is 18.7 Å². The van der Waals surface area contributed by atoms with Crippen LogP contribution in [0.25, 0.3) is 22.0 Å². The Morgan fingerprint density at radius 2 is 1.68 bits per heavy atom. The molecule has 1 aliphatic rings. The van der Waals surface area contributed by atoms with Gasteiger partial charge in [-0.2, -0.15) is 5.10 Å². The Kier molecular flexibility index (Phi) is 6.79. The molecule has 40 heavy (non-hydrogen) atoms. The Morgan fingerprint density at radius 1 is 0.975 bits per heavy atom. The lowest BCUT2D eigenvalue weighted by molar-refractivity contribution is 0.102. The molecular weight excluding hydrogens is 514 g/mol. The molecule has 11 heteroatoms. The van der Waals surface area contributed by atoms with Crippen molar-refractivity contribution in [3.63, 3.8) is 0 Å². The zero-order valence-electron chi connectivity index (χ0n) is 21.4. The highest BCUT2D eigenvalue weighted by Gasteiger charge is 2.17. The van der Waals surface area contributed by atoms with Crippen molar-refractivity contribution in [3.8, 4) is 11.1 Å². The molecule has 0 bridgehead atoms. The van der Waals surface area contributed by atoms with E-state index in [2.05, 4.69) is 35.7 Å². The molecule has 2 aromatic heterocycles. The molecule has 5 aromatic rings.